The average Bonchev–Trinajstić information content (AvgIpc) is 2.55. The molecule has 24 heavy (non-hydrogen) atoms. The van der Waals surface area contributed by atoms with Crippen molar-refractivity contribution in [2.45, 2.75) is 4.90 Å². The van der Waals surface area contributed by atoms with Gasteiger partial charge in [-0.3, -0.25) is 21.9 Å². The summed E-state index contributed by atoms with van der Waals surface area (Å²) >= 11 is 0. The average molecular weight is 350 g/mol. The minimum Gasteiger partial charge on any atom is -0.384 e. The third-order valence-electron chi connectivity index (χ3n) is 3.08. The highest BCUT2D eigenvalue weighted by molar-refractivity contribution is 7.89. The summed E-state index contributed by atoms with van der Waals surface area (Å²) in [6.07, 6.45) is 0. The minimum atomic E-state index is -4.03. The molecule has 0 saturated heterocycles. The van der Waals surface area contributed by atoms with Crippen LogP contribution in [0.2, 0.25) is 0 Å². The van der Waals surface area contributed by atoms with Gasteiger partial charge in [0.1, 0.15) is 5.84 Å². The molecular weight excluding hydrogens is 332 g/mol. The molecule has 0 aliphatic rings. The van der Waals surface area contributed by atoms with E-state index in [0.29, 0.717) is 16.7 Å². The van der Waals surface area contributed by atoms with Crippen LogP contribution in [0.15, 0.2) is 47.4 Å². The third-order valence-corrected chi connectivity index (χ3v) is 4.04. The number of carbonyl (C=O) groups excluding carboxylic acids is 1. The summed E-state index contributed by atoms with van der Waals surface area (Å²) in [6, 6.07) is 10.6. The fourth-order valence-corrected chi connectivity index (χ4v) is 2.87. The second kappa shape index (κ2) is 7.66. The van der Waals surface area contributed by atoms with Gasteiger partial charge in [-0.2, -0.15) is 0 Å². The van der Waals surface area contributed by atoms with Crippen LogP contribution in [-0.2, 0) is 10.0 Å². The largest absolute Gasteiger partial charge is 0.384 e. The topological polar surface area (TPSA) is 205 Å². The Labute approximate surface area is 139 Å². The van der Waals surface area contributed by atoms with E-state index in [4.69, 9.17) is 22.0 Å². The van der Waals surface area contributed by atoms with Crippen LogP contribution in [0.3, 0.4) is 0 Å². The molecule has 2 aromatic rings. The molecule has 0 aromatic heterocycles. The molecule has 0 aliphatic carbocycles. The zero-order valence-electron chi connectivity index (χ0n) is 12.6. The Morgan fingerprint density at radius 3 is 1.92 bits per heavy atom. The number of rotatable bonds is 4. The number of benzene rings is 2. The SMILES string of the molecule is N=C(N)c1c(-c2ccc(C(N)=O)cc2)cccc1S(N)(=O)=O.NN. The van der Waals surface area contributed by atoms with Crippen LogP contribution in [-0.4, -0.2) is 20.2 Å². The van der Waals surface area contributed by atoms with Crippen molar-refractivity contribution in [3.05, 3.63) is 53.6 Å². The molecule has 0 bridgehead atoms. The van der Waals surface area contributed by atoms with Gasteiger partial charge in [0.2, 0.25) is 15.9 Å². The predicted molar refractivity (Wildman–Crippen MR) is 91.2 cm³/mol. The Balaban J connectivity index is 0.00000139. The zero-order valence-corrected chi connectivity index (χ0v) is 13.4. The highest BCUT2D eigenvalue weighted by atomic mass is 32.2. The highest BCUT2D eigenvalue weighted by Gasteiger charge is 2.20. The van der Waals surface area contributed by atoms with Gasteiger partial charge in [-0.15, -0.1) is 0 Å². The molecule has 1 amide bonds. The van der Waals surface area contributed by atoms with Gasteiger partial charge < -0.3 is 11.5 Å². The Hall–Kier alpha value is -2.79. The van der Waals surface area contributed by atoms with Gasteiger partial charge in [0.25, 0.3) is 0 Å². The molecule has 0 heterocycles. The van der Waals surface area contributed by atoms with Gasteiger partial charge in [-0.25, -0.2) is 13.6 Å². The monoisotopic (exact) mass is 350 g/mol. The fourth-order valence-electron chi connectivity index (χ4n) is 2.10. The lowest BCUT2D eigenvalue weighted by Gasteiger charge is -2.13. The van der Waals surface area contributed by atoms with E-state index in [0.717, 1.165) is 0 Å². The van der Waals surface area contributed by atoms with Gasteiger partial charge in [-0.05, 0) is 29.3 Å². The number of hydrazine groups is 1. The molecule has 0 saturated carbocycles. The van der Waals surface area contributed by atoms with E-state index in [2.05, 4.69) is 11.7 Å². The van der Waals surface area contributed by atoms with E-state index in [1.54, 1.807) is 18.2 Å². The maximum absolute atomic E-state index is 11.6. The Kier molecular flexibility index (Phi) is 6.14. The van der Waals surface area contributed by atoms with Crippen molar-refractivity contribution in [2.75, 3.05) is 0 Å². The number of primary sulfonamides is 1. The van der Waals surface area contributed by atoms with Crippen molar-refractivity contribution < 1.29 is 13.2 Å². The molecule has 9 nitrogen and oxygen atoms in total. The van der Waals surface area contributed by atoms with Gasteiger partial charge in [0, 0.05) is 11.1 Å². The molecular formula is C14H18N6O3S. The molecule has 11 N–H and O–H groups in total. The van der Waals surface area contributed by atoms with Crippen LogP contribution in [0, 0.1) is 5.41 Å². The maximum Gasteiger partial charge on any atom is 0.248 e. The van der Waals surface area contributed by atoms with E-state index in [1.165, 1.54) is 24.3 Å². The standard InChI is InChI=1S/C14H14N4O3S.H4N2/c15-13(16)12-10(2-1-3-11(12)22(18,20)21)8-4-6-9(7-5-8)14(17)19;1-2/h1-7H,(H3,15,16)(H2,17,19)(H2,18,20,21);1-2H2. The maximum atomic E-state index is 11.6. The van der Waals surface area contributed by atoms with E-state index in [-0.39, 0.29) is 10.5 Å². The third kappa shape index (κ3) is 4.14. The van der Waals surface area contributed by atoms with Crippen LogP contribution in [0.1, 0.15) is 15.9 Å². The normalized spacial score (nSPS) is 10.5. The summed E-state index contributed by atoms with van der Waals surface area (Å²) in [5, 5.41) is 12.8. The van der Waals surface area contributed by atoms with Gasteiger partial charge in [-0.1, -0.05) is 24.3 Å². The first-order valence-corrected chi connectivity index (χ1v) is 8.00. The summed E-state index contributed by atoms with van der Waals surface area (Å²) in [7, 11) is -4.03. The van der Waals surface area contributed by atoms with Crippen molar-refractivity contribution in [3.63, 3.8) is 0 Å². The summed E-state index contributed by atoms with van der Waals surface area (Å²) in [4.78, 5) is 10.9. The first kappa shape index (κ1) is 19.3. The summed E-state index contributed by atoms with van der Waals surface area (Å²) in [5.74, 6) is 7.01. The predicted octanol–water partition coefficient (Wildman–Crippen LogP) is -0.797. The zero-order chi connectivity index (χ0) is 18.5. The molecule has 0 aliphatic heterocycles. The summed E-state index contributed by atoms with van der Waals surface area (Å²) in [6.45, 7) is 0. The number of hydrogen-bond donors (Lipinski definition) is 6. The van der Waals surface area contributed by atoms with Crippen molar-refractivity contribution in [1.82, 2.24) is 0 Å². The Bertz CT molecular complexity index is 863. The molecule has 0 spiro atoms. The smallest absolute Gasteiger partial charge is 0.248 e. The molecule has 2 rings (SSSR count). The van der Waals surface area contributed by atoms with Crippen molar-refractivity contribution in [2.24, 2.45) is 28.3 Å². The molecule has 2 aromatic carbocycles. The second-order valence-electron chi connectivity index (χ2n) is 4.58. The number of amides is 1. The van der Waals surface area contributed by atoms with Crippen LogP contribution < -0.4 is 28.3 Å². The lowest BCUT2D eigenvalue weighted by Crippen LogP contribution is -2.21. The lowest BCUT2D eigenvalue weighted by molar-refractivity contribution is 0.100. The van der Waals surface area contributed by atoms with Crippen molar-refractivity contribution >= 4 is 21.8 Å². The first-order chi connectivity index (χ1) is 11.2. The number of sulfonamides is 1. The number of nitrogen functional groups attached to an aromatic ring is 1. The van der Waals surface area contributed by atoms with Crippen molar-refractivity contribution in [1.29, 1.82) is 5.41 Å². The molecule has 128 valence electrons. The number of nitrogens with two attached hydrogens (primary N) is 5. The first-order valence-electron chi connectivity index (χ1n) is 6.45. The van der Waals surface area contributed by atoms with Crippen LogP contribution in [0.5, 0.6) is 0 Å². The molecule has 0 unspecified atom stereocenters. The fraction of sp³-hybridized carbons (Fsp3) is 0. The highest BCUT2D eigenvalue weighted by Crippen LogP contribution is 2.28. The van der Waals surface area contributed by atoms with Gasteiger partial charge in [0.15, 0.2) is 0 Å². The Morgan fingerprint density at radius 1 is 0.958 bits per heavy atom. The lowest BCUT2D eigenvalue weighted by atomic mass is 9.98. The van der Waals surface area contributed by atoms with E-state index >= 15 is 0 Å². The molecule has 0 radical (unpaired) electrons. The number of primary amides is 1. The number of nitrogens with one attached hydrogen (secondary N) is 1. The summed E-state index contributed by atoms with van der Waals surface area (Å²) < 4.78 is 23.3. The Morgan fingerprint density at radius 2 is 1.50 bits per heavy atom. The van der Waals surface area contributed by atoms with Gasteiger partial charge in [0.05, 0.1) is 4.90 Å². The molecule has 0 atom stereocenters. The van der Waals surface area contributed by atoms with Crippen LogP contribution >= 0.6 is 0 Å². The van der Waals surface area contributed by atoms with Crippen LogP contribution in [0.25, 0.3) is 11.1 Å². The second-order valence-corrected chi connectivity index (χ2v) is 6.11. The quantitative estimate of drug-likeness (QED) is 0.180. The number of amidine groups is 1. The minimum absolute atomic E-state index is 0.0248. The molecule has 10 heteroatoms. The summed E-state index contributed by atoms with van der Waals surface area (Å²) in [5.41, 5.74) is 12.0. The van der Waals surface area contributed by atoms with Crippen molar-refractivity contribution in [3.8, 4) is 11.1 Å². The number of hydrogen-bond acceptors (Lipinski definition) is 6. The van der Waals surface area contributed by atoms with E-state index < -0.39 is 21.8 Å². The van der Waals surface area contributed by atoms with E-state index in [1.807, 2.05) is 0 Å². The van der Waals surface area contributed by atoms with Crippen LogP contribution in [0.4, 0.5) is 0 Å². The molecule has 0 fully saturated rings. The number of carbonyl (C=O) groups is 1. The van der Waals surface area contributed by atoms with Gasteiger partial charge >= 0.3 is 0 Å². The van der Waals surface area contributed by atoms with E-state index in [9.17, 15) is 13.2 Å².